The van der Waals surface area contributed by atoms with Crippen molar-refractivity contribution in [3.05, 3.63) is 217 Å². The number of aromatic nitrogens is 18. The van der Waals surface area contributed by atoms with Crippen LogP contribution in [-0.2, 0) is 0 Å². The summed E-state index contributed by atoms with van der Waals surface area (Å²) in [7, 11) is 0. The van der Waals surface area contributed by atoms with E-state index in [-0.39, 0.29) is 0 Å². The van der Waals surface area contributed by atoms with Gasteiger partial charge in [-0.3, -0.25) is 4.98 Å². The largest absolute Gasteiger partial charge is 0.309 e. The van der Waals surface area contributed by atoms with Crippen molar-refractivity contribution in [2.45, 2.75) is 55.4 Å². The lowest BCUT2D eigenvalue weighted by Gasteiger charge is -2.17. The summed E-state index contributed by atoms with van der Waals surface area (Å²) in [6.07, 6.45) is 1.88. The molecular formula is C70H52N18. The lowest BCUT2D eigenvalue weighted by molar-refractivity contribution is 0.928. The van der Waals surface area contributed by atoms with Crippen molar-refractivity contribution in [3.8, 4) is 102 Å². The van der Waals surface area contributed by atoms with Gasteiger partial charge in [0, 0.05) is 77.9 Å². The quantitative estimate of drug-likeness (QED) is 0.124. The van der Waals surface area contributed by atoms with Gasteiger partial charge in [0.15, 0.2) is 40.8 Å². The maximum Gasteiger partial charge on any atom is 0.164 e. The maximum atomic E-state index is 5.29. The van der Waals surface area contributed by atoms with Crippen LogP contribution in [0.2, 0.25) is 0 Å². The van der Waals surface area contributed by atoms with Gasteiger partial charge in [0.2, 0.25) is 0 Å². The molecule has 88 heavy (non-hydrogen) atoms. The topological polar surface area (TPSA) is 216 Å². The zero-order valence-electron chi connectivity index (χ0n) is 49.2. The average molecular weight is 1150 g/mol. The molecule has 422 valence electrons. The van der Waals surface area contributed by atoms with Crippen molar-refractivity contribution in [2.75, 3.05) is 0 Å². The van der Waals surface area contributed by atoms with Crippen LogP contribution >= 0.6 is 0 Å². The first-order valence-corrected chi connectivity index (χ1v) is 28.7. The third kappa shape index (κ3) is 9.67. The predicted molar refractivity (Wildman–Crippen MR) is 341 cm³/mol. The van der Waals surface area contributed by atoms with Gasteiger partial charge in [0.1, 0.15) is 46.6 Å². The molecule has 15 rings (SSSR count). The molecule has 0 fully saturated rings. The lowest BCUT2D eigenvalue weighted by Crippen LogP contribution is -2.03. The van der Waals surface area contributed by atoms with Crippen LogP contribution in [0, 0.1) is 55.4 Å². The summed E-state index contributed by atoms with van der Waals surface area (Å²) in [5.74, 6) is 9.13. The molecule has 0 aliphatic heterocycles. The molecule has 0 unspecified atom stereocenters. The molecule has 0 amide bonds. The number of aryl methyl sites for hydroxylation is 8. The first-order valence-electron chi connectivity index (χ1n) is 28.7. The number of fused-ring (bicyclic) bond motifs is 6. The highest BCUT2D eigenvalue weighted by atomic mass is 15.1. The van der Waals surface area contributed by atoms with E-state index < -0.39 is 0 Å². The summed E-state index contributed by atoms with van der Waals surface area (Å²) in [5.41, 5.74) is 13.0. The van der Waals surface area contributed by atoms with Crippen LogP contribution in [-0.4, -0.2) is 88.9 Å². The molecule has 8 aromatic heterocycles. The van der Waals surface area contributed by atoms with E-state index in [0.717, 1.165) is 99.5 Å². The SMILES string of the molecule is Cc1nc(C)nc(-c2ccc3c(c2)c2cc(-c4nc(C)nc(C)n4)ccc2n3-c2ccnc(-c3cc(-c4nc(-c5ccccc5)nc(-c5ccccc5)n4)ccc3-n3c4ccc(-c5nc(C)nc(C)n5)cc4c4cc(-c5nc(C)nc(C)n5)ccc43)c2)n1. The van der Waals surface area contributed by atoms with Gasteiger partial charge in [-0.2, -0.15) is 0 Å². The van der Waals surface area contributed by atoms with E-state index in [2.05, 4.69) is 126 Å². The minimum atomic E-state index is 0.500. The Morgan fingerprint density at radius 1 is 0.250 bits per heavy atom. The molecule has 0 aliphatic carbocycles. The van der Waals surface area contributed by atoms with Gasteiger partial charge >= 0.3 is 0 Å². The van der Waals surface area contributed by atoms with Crippen LogP contribution < -0.4 is 0 Å². The molecule has 15 aromatic rings. The van der Waals surface area contributed by atoms with Crippen LogP contribution in [0.3, 0.4) is 0 Å². The molecule has 0 bridgehead atoms. The van der Waals surface area contributed by atoms with E-state index in [0.29, 0.717) is 93.1 Å². The second-order valence-electron chi connectivity index (χ2n) is 21.8. The summed E-state index contributed by atoms with van der Waals surface area (Å²) < 4.78 is 4.58. The van der Waals surface area contributed by atoms with E-state index in [1.165, 1.54) is 0 Å². The fraction of sp³-hybridized carbons (Fsp3) is 0.114. The number of pyridine rings is 1. The highest BCUT2D eigenvalue weighted by Crippen LogP contribution is 2.42. The van der Waals surface area contributed by atoms with Crippen LogP contribution in [0.4, 0.5) is 0 Å². The van der Waals surface area contributed by atoms with Gasteiger partial charge < -0.3 is 9.13 Å². The standard InChI is InChI=1S/C70H52N18/c1-37-72-38(2)77-66(76-37)47-19-24-59-53(31-47)54-32-48(67-78-39(3)73-40(4)79-67)20-25-60(54)87(59)52-29-30-71-58(36-52)57-35-51(70-85-64(45-15-11-9-12-16-45)84-65(86-70)46-17-13-10-14-18-46)23-28-63(57)88-61-26-21-49(68-80-41(5)74-42(6)81-68)33-55(61)56-34-50(22-27-62(56)88)69-82-43(7)75-44(8)83-69/h9-36H,1-8H3. The fourth-order valence-corrected chi connectivity index (χ4v) is 11.8. The summed E-state index contributed by atoms with van der Waals surface area (Å²) in [4.78, 5) is 77.0. The van der Waals surface area contributed by atoms with E-state index in [4.69, 9.17) is 59.8 Å². The molecule has 8 heterocycles. The van der Waals surface area contributed by atoms with Crippen LogP contribution in [0.5, 0.6) is 0 Å². The number of hydrogen-bond acceptors (Lipinski definition) is 16. The normalized spacial score (nSPS) is 11.6. The molecule has 18 nitrogen and oxygen atoms in total. The van der Waals surface area contributed by atoms with Gasteiger partial charge in [-0.15, -0.1) is 0 Å². The van der Waals surface area contributed by atoms with Crippen molar-refractivity contribution >= 4 is 43.6 Å². The molecule has 0 radical (unpaired) electrons. The van der Waals surface area contributed by atoms with E-state index >= 15 is 0 Å². The molecular weight excluding hydrogens is 1090 g/mol. The molecule has 0 aliphatic rings. The number of rotatable bonds is 10. The Labute approximate surface area is 504 Å². The summed E-state index contributed by atoms with van der Waals surface area (Å²) >= 11 is 0. The van der Waals surface area contributed by atoms with E-state index in [9.17, 15) is 0 Å². The van der Waals surface area contributed by atoms with Gasteiger partial charge in [0.25, 0.3) is 0 Å². The summed E-state index contributed by atoms with van der Waals surface area (Å²) in [6, 6.07) is 56.1. The van der Waals surface area contributed by atoms with Gasteiger partial charge in [-0.05, 0) is 159 Å². The van der Waals surface area contributed by atoms with Crippen molar-refractivity contribution in [3.63, 3.8) is 0 Å². The Bertz CT molecular complexity index is 4970. The highest BCUT2D eigenvalue weighted by molar-refractivity contribution is 6.13. The maximum absolute atomic E-state index is 5.29. The smallest absolute Gasteiger partial charge is 0.164 e. The first kappa shape index (κ1) is 53.1. The Kier molecular flexibility index (Phi) is 12.8. The van der Waals surface area contributed by atoms with Crippen LogP contribution in [0.25, 0.3) is 146 Å². The monoisotopic (exact) mass is 1140 g/mol. The molecule has 18 heteroatoms. The molecule has 0 atom stereocenters. The second-order valence-corrected chi connectivity index (χ2v) is 21.8. The second kappa shape index (κ2) is 21.1. The summed E-state index contributed by atoms with van der Waals surface area (Å²) in [6.45, 7) is 15.1. The van der Waals surface area contributed by atoms with E-state index in [1.54, 1.807) is 0 Å². The number of benzene rings is 7. The summed E-state index contributed by atoms with van der Waals surface area (Å²) in [5, 5.41) is 3.91. The van der Waals surface area contributed by atoms with Crippen molar-refractivity contribution in [2.24, 2.45) is 0 Å². The minimum Gasteiger partial charge on any atom is -0.309 e. The lowest BCUT2D eigenvalue weighted by atomic mass is 10.0. The fourth-order valence-electron chi connectivity index (χ4n) is 11.8. The average Bonchev–Trinajstić information content (AvgIpc) is 1.61. The van der Waals surface area contributed by atoms with Crippen LogP contribution in [0.1, 0.15) is 46.6 Å². The third-order valence-corrected chi connectivity index (χ3v) is 15.5. The Balaban J connectivity index is 0.987. The number of nitrogens with zero attached hydrogens (tertiary/aromatic N) is 18. The predicted octanol–water partition coefficient (Wildman–Crippen LogP) is 14.0. The Hall–Kier alpha value is -11.7. The third-order valence-electron chi connectivity index (χ3n) is 15.5. The molecule has 0 spiro atoms. The van der Waals surface area contributed by atoms with Gasteiger partial charge in [-0.25, -0.2) is 74.8 Å². The van der Waals surface area contributed by atoms with Gasteiger partial charge in [-0.1, -0.05) is 60.7 Å². The molecule has 0 N–H and O–H groups in total. The Morgan fingerprint density at radius 2 is 0.557 bits per heavy atom. The highest BCUT2D eigenvalue weighted by Gasteiger charge is 2.24. The zero-order valence-corrected chi connectivity index (χ0v) is 49.2. The van der Waals surface area contributed by atoms with Gasteiger partial charge in [0.05, 0.1) is 33.4 Å². The zero-order chi connectivity index (χ0) is 59.9. The first-order chi connectivity index (χ1) is 42.8. The Morgan fingerprint density at radius 3 is 0.920 bits per heavy atom. The minimum absolute atomic E-state index is 0.500. The van der Waals surface area contributed by atoms with E-state index in [1.807, 2.05) is 128 Å². The molecule has 0 saturated carbocycles. The van der Waals surface area contributed by atoms with Crippen LogP contribution in [0.15, 0.2) is 170 Å². The van der Waals surface area contributed by atoms with Crippen molar-refractivity contribution < 1.29 is 0 Å². The molecule has 7 aromatic carbocycles. The van der Waals surface area contributed by atoms with Crippen molar-refractivity contribution in [1.82, 2.24) is 88.9 Å². The van der Waals surface area contributed by atoms with Crippen molar-refractivity contribution in [1.29, 1.82) is 0 Å². The molecule has 0 saturated heterocycles. The number of hydrogen-bond donors (Lipinski definition) is 0.